The number of imide groups is 1. The van der Waals surface area contributed by atoms with Crippen molar-refractivity contribution in [3.05, 3.63) is 29.8 Å². The van der Waals surface area contributed by atoms with Crippen LogP contribution in [0.1, 0.15) is 69.3 Å². The Labute approximate surface area is 174 Å². The minimum absolute atomic E-state index is 0.179. The SMILES string of the molecule is NCCCCCCCN1CCC(c2ccc(NC3CCC(=O)NC3=O)cc2)CC1. The van der Waals surface area contributed by atoms with Crippen molar-refractivity contribution in [3.63, 3.8) is 0 Å². The number of rotatable bonds is 10. The number of anilines is 1. The largest absolute Gasteiger partial charge is 0.374 e. The maximum absolute atomic E-state index is 11.9. The number of likely N-dealkylation sites (tertiary alicyclic amines) is 1. The Bertz CT molecular complexity index is 653. The lowest BCUT2D eigenvalue weighted by molar-refractivity contribution is -0.133. The smallest absolute Gasteiger partial charge is 0.249 e. The highest BCUT2D eigenvalue weighted by atomic mass is 16.2. The van der Waals surface area contributed by atoms with E-state index in [1.807, 2.05) is 0 Å². The standard InChI is InChI=1S/C23H36N4O2/c24-14-4-2-1-3-5-15-27-16-12-19(13-17-27)18-6-8-20(9-7-18)25-21-10-11-22(28)26-23(21)29/h6-9,19,21,25H,1-5,10-17,24H2,(H,26,28,29). The number of piperidine rings is 2. The molecule has 0 aliphatic carbocycles. The third-order valence-electron chi connectivity index (χ3n) is 6.23. The summed E-state index contributed by atoms with van der Waals surface area (Å²) in [5.74, 6) is 0.221. The molecular weight excluding hydrogens is 364 g/mol. The van der Waals surface area contributed by atoms with E-state index in [9.17, 15) is 9.59 Å². The fourth-order valence-corrected chi connectivity index (χ4v) is 4.38. The van der Waals surface area contributed by atoms with Crippen molar-refractivity contribution < 1.29 is 9.59 Å². The van der Waals surface area contributed by atoms with Crippen LogP contribution in [0, 0.1) is 0 Å². The molecule has 0 bridgehead atoms. The number of unbranched alkanes of at least 4 members (excludes halogenated alkanes) is 4. The number of nitrogens with one attached hydrogen (secondary N) is 2. The summed E-state index contributed by atoms with van der Waals surface area (Å²) in [4.78, 5) is 25.8. The molecule has 1 aromatic rings. The van der Waals surface area contributed by atoms with E-state index in [0.717, 1.165) is 18.7 Å². The van der Waals surface area contributed by atoms with Gasteiger partial charge in [0.25, 0.3) is 0 Å². The van der Waals surface area contributed by atoms with Gasteiger partial charge in [0.2, 0.25) is 11.8 Å². The quantitative estimate of drug-likeness (QED) is 0.415. The molecule has 160 valence electrons. The number of hydrogen-bond acceptors (Lipinski definition) is 5. The zero-order valence-corrected chi connectivity index (χ0v) is 17.5. The van der Waals surface area contributed by atoms with Crippen molar-refractivity contribution in [1.82, 2.24) is 10.2 Å². The molecule has 6 heteroatoms. The van der Waals surface area contributed by atoms with Gasteiger partial charge in [0.15, 0.2) is 0 Å². The molecule has 2 heterocycles. The first-order valence-electron chi connectivity index (χ1n) is 11.3. The monoisotopic (exact) mass is 400 g/mol. The van der Waals surface area contributed by atoms with E-state index in [1.165, 1.54) is 63.7 Å². The van der Waals surface area contributed by atoms with Crippen molar-refractivity contribution >= 4 is 17.5 Å². The first-order valence-corrected chi connectivity index (χ1v) is 11.3. The molecule has 2 aliphatic heterocycles. The summed E-state index contributed by atoms with van der Waals surface area (Å²) in [6, 6.07) is 8.18. The molecule has 3 rings (SSSR count). The van der Waals surface area contributed by atoms with Crippen molar-refractivity contribution in [1.29, 1.82) is 0 Å². The molecule has 0 saturated carbocycles. The van der Waals surface area contributed by atoms with Crippen LogP contribution in [0.15, 0.2) is 24.3 Å². The van der Waals surface area contributed by atoms with Crippen molar-refractivity contribution in [2.45, 2.75) is 69.7 Å². The Balaban J connectivity index is 1.37. The Morgan fingerprint density at radius 1 is 0.966 bits per heavy atom. The number of amides is 2. The highest BCUT2D eigenvalue weighted by Gasteiger charge is 2.26. The second kappa shape index (κ2) is 11.3. The molecule has 0 radical (unpaired) electrons. The van der Waals surface area contributed by atoms with Gasteiger partial charge in [-0.05, 0) is 81.9 Å². The summed E-state index contributed by atoms with van der Waals surface area (Å²) in [6.45, 7) is 4.42. The molecule has 0 spiro atoms. The fraction of sp³-hybridized carbons (Fsp3) is 0.652. The Morgan fingerprint density at radius 3 is 2.34 bits per heavy atom. The van der Waals surface area contributed by atoms with Gasteiger partial charge in [-0.3, -0.25) is 14.9 Å². The summed E-state index contributed by atoms with van der Waals surface area (Å²) in [5, 5.41) is 5.64. The summed E-state index contributed by atoms with van der Waals surface area (Å²) < 4.78 is 0. The zero-order valence-electron chi connectivity index (χ0n) is 17.5. The van der Waals surface area contributed by atoms with Crippen LogP contribution in [0.25, 0.3) is 0 Å². The topological polar surface area (TPSA) is 87.5 Å². The predicted molar refractivity (Wildman–Crippen MR) is 117 cm³/mol. The normalized spacial score (nSPS) is 21.2. The molecule has 6 nitrogen and oxygen atoms in total. The molecule has 2 amide bonds. The minimum Gasteiger partial charge on any atom is -0.374 e. The number of nitrogens with zero attached hydrogens (tertiary/aromatic N) is 1. The third-order valence-corrected chi connectivity index (χ3v) is 6.23. The van der Waals surface area contributed by atoms with Crippen molar-refractivity contribution in [2.75, 3.05) is 31.5 Å². The highest BCUT2D eigenvalue weighted by molar-refractivity contribution is 6.01. The van der Waals surface area contributed by atoms with Gasteiger partial charge in [0.1, 0.15) is 6.04 Å². The average molecular weight is 401 g/mol. The predicted octanol–water partition coefficient (Wildman–Crippen LogP) is 2.99. The van der Waals surface area contributed by atoms with E-state index >= 15 is 0 Å². The van der Waals surface area contributed by atoms with Gasteiger partial charge in [-0.2, -0.15) is 0 Å². The number of nitrogens with two attached hydrogens (primary N) is 1. The van der Waals surface area contributed by atoms with E-state index in [0.29, 0.717) is 18.8 Å². The number of carbonyl (C=O) groups excluding carboxylic acids is 2. The van der Waals surface area contributed by atoms with E-state index in [-0.39, 0.29) is 17.9 Å². The van der Waals surface area contributed by atoms with Gasteiger partial charge < -0.3 is 16.0 Å². The number of benzene rings is 1. The molecular formula is C23H36N4O2. The molecule has 0 aromatic heterocycles. The highest BCUT2D eigenvalue weighted by Crippen LogP contribution is 2.29. The van der Waals surface area contributed by atoms with Crippen molar-refractivity contribution in [3.8, 4) is 0 Å². The van der Waals surface area contributed by atoms with Crippen LogP contribution in [0.3, 0.4) is 0 Å². The van der Waals surface area contributed by atoms with Crippen LogP contribution in [-0.2, 0) is 9.59 Å². The maximum Gasteiger partial charge on any atom is 0.249 e. The first kappa shape index (κ1) is 21.8. The maximum atomic E-state index is 11.9. The van der Waals surface area contributed by atoms with Gasteiger partial charge in [-0.1, -0.05) is 31.4 Å². The molecule has 1 unspecified atom stereocenters. The minimum atomic E-state index is -0.322. The zero-order chi connectivity index (χ0) is 20.5. The third kappa shape index (κ3) is 6.82. The van der Waals surface area contributed by atoms with E-state index < -0.39 is 0 Å². The van der Waals surface area contributed by atoms with E-state index in [4.69, 9.17) is 5.73 Å². The average Bonchev–Trinajstić information content (AvgIpc) is 2.74. The van der Waals surface area contributed by atoms with Crippen LogP contribution in [0.4, 0.5) is 5.69 Å². The second-order valence-corrected chi connectivity index (χ2v) is 8.44. The van der Waals surface area contributed by atoms with Gasteiger partial charge in [-0.25, -0.2) is 0 Å². The Hall–Kier alpha value is -1.92. The summed E-state index contributed by atoms with van der Waals surface area (Å²) in [6.07, 6.45) is 9.75. The van der Waals surface area contributed by atoms with Crippen LogP contribution in [-0.4, -0.2) is 48.9 Å². The molecule has 4 N–H and O–H groups in total. The number of carbonyl (C=O) groups is 2. The summed E-state index contributed by atoms with van der Waals surface area (Å²) in [7, 11) is 0. The second-order valence-electron chi connectivity index (χ2n) is 8.44. The fourth-order valence-electron chi connectivity index (χ4n) is 4.38. The Kier molecular flexibility index (Phi) is 8.50. The van der Waals surface area contributed by atoms with Crippen LogP contribution in [0.2, 0.25) is 0 Å². The molecule has 1 aromatic carbocycles. The van der Waals surface area contributed by atoms with Crippen LogP contribution in [0.5, 0.6) is 0 Å². The number of hydrogen-bond donors (Lipinski definition) is 3. The van der Waals surface area contributed by atoms with E-state index in [2.05, 4.69) is 39.8 Å². The van der Waals surface area contributed by atoms with Crippen LogP contribution >= 0.6 is 0 Å². The Morgan fingerprint density at radius 2 is 1.66 bits per heavy atom. The van der Waals surface area contributed by atoms with Crippen LogP contribution < -0.4 is 16.4 Å². The summed E-state index contributed by atoms with van der Waals surface area (Å²) in [5.41, 5.74) is 7.87. The lowest BCUT2D eigenvalue weighted by Crippen LogP contribution is -2.47. The van der Waals surface area contributed by atoms with Gasteiger partial charge in [-0.15, -0.1) is 0 Å². The van der Waals surface area contributed by atoms with Gasteiger partial charge in [0.05, 0.1) is 0 Å². The van der Waals surface area contributed by atoms with Gasteiger partial charge in [0, 0.05) is 12.1 Å². The van der Waals surface area contributed by atoms with E-state index in [1.54, 1.807) is 0 Å². The lowest BCUT2D eigenvalue weighted by Gasteiger charge is -2.32. The summed E-state index contributed by atoms with van der Waals surface area (Å²) >= 11 is 0. The van der Waals surface area contributed by atoms with Gasteiger partial charge >= 0.3 is 0 Å². The molecule has 2 aliphatic rings. The molecule has 2 fully saturated rings. The lowest BCUT2D eigenvalue weighted by atomic mass is 9.89. The first-order chi connectivity index (χ1) is 14.2. The molecule has 1 atom stereocenters. The van der Waals surface area contributed by atoms with Crippen molar-refractivity contribution in [2.24, 2.45) is 5.73 Å². The molecule has 2 saturated heterocycles. The molecule has 29 heavy (non-hydrogen) atoms.